The highest BCUT2D eigenvalue weighted by Crippen LogP contribution is 2.43. The fourth-order valence-corrected chi connectivity index (χ4v) is 4.21. The molecular formula is C24H26Cl2N2O5. The van der Waals surface area contributed by atoms with E-state index in [0.717, 1.165) is 6.54 Å². The summed E-state index contributed by atoms with van der Waals surface area (Å²) in [7, 11) is 6.73. The summed E-state index contributed by atoms with van der Waals surface area (Å²) in [6.07, 6.45) is 0.655. The molecule has 9 heteroatoms. The molecule has 1 amide bonds. The number of carbonyl (C=O) groups excluding carboxylic acids is 2. The van der Waals surface area contributed by atoms with Crippen molar-refractivity contribution >= 4 is 40.7 Å². The van der Waals surface area contributed by atoms with Crippen molar-refractivity contribution in [1.82, 2.24) is 9.80 Å². The Hall–Kier alpha value is -2.74. The Bertz CT molecular complexity index is 1080. The summed E-state index contributed by atoms with van der Waals surface area (Å²) in [4.78, 5) is 29.7. The third-order valence-corrected chi connectivity index (χ3v) is 6.01. The van der Waals surface area contributed by atoms with Crippen LogP contribution < -0.4 is 9.47 Å². The van der Waals surface area contributed by atoms with Crippen LogP contribution >= 0.6 is 23.2 Å². The van der Waals surface area contributed by atoms with Crippen molar-refractivity contribution in [3.05, 3.63) is 63.1 Å². The molecule has 2 aromatic rings. The Morgan fingerprint density at radius 1 is 1.06 bits per heavy atom. The summed E-state index contributed by atoms with van der Waals surface area (Å²) in [5.41, 5.74) is 0.823. The molecule has 1 fully saturated rings. The fraction of sp³-hybridized carbons (Fsp3) is 0.333. The smallest absolute Gasteiger partial charge is 0.295 e. The minimum atomic E-state index is -0.782. The molecule has 7 nitrogen and oxygen atoms in total. The highest BCUT2D eigenvalue weighted by molar-refractivity contribution is 6.46. The van der Waals surface area contributed by atoms with E-state index in [9.17, 15) is 14.7 Å². The number of rotatable bonds is 8. The molecule has 0 bridgehead atoms. The predicted molar refractivity (Wildman–Crippen MR) is 128 cm³/mol. The fourth-order valence-electron chi connectivity index (χ4n) is 3.85. The summed E-state index contributed by atoms with van der Waals surface area (Å²) in [5, 5.41) is 12.1. The molecule has 0 saturated carbocycles. The van der Waals surface area contributed by atoms with Crippen LogP contribution in [-0.4, -0.2) is 68.0 Å². The average Bonchev–Trinajstić information content (AvgIpc) is 3.03. The molecule has 33 heavy (non-hydrogen) atoms. The molecule has 0 aliphatic carbocycles. The van der Waals surface area contributed by atoms with Gasteiger partial charge in [-0.15, -0.1) is 0 Å². The largest absolute Gasteiger partial charge is 0.507 e. The van der Waals surface area contributed by atoms with Crippen LogP contribution in [0.3, 0.4) is 0 Å². The SMILES string of the molecule is COc1cc(/C(O)=C2\C(=O)C(=O)N(CCCN(C)C)C2c2ccc(Cl)cc2)c(OC)cc1Cl. The summed E-state index contributed by atoms with van der Waals surface area (Å²) in [6, 6.07) is 9.03. The third kappa shape index (κ3) is 5.11. The molecule has 0 aromatic heterocycles. The zero-order valence-electron chi connectivity index (χ0n) is 18.9. The summed E-state index contributed by atoms with van der Waals surface area (Å²) in [5.74, 6) is -1.27. The molecular weight excluding hydrogens is 467 g/mol. The van der Waals surface area contributed by atoms with E-state index < -0.39 is 17.7 Å². The predicted octanol–water partition coefficient (Wildman–Crippen LogP) is 4.38. The van der Waals surface area contributed by atoms with Gasteiger partial charge in [0.05, 0.1) is 36.4 Å². The van der Waals surface area contributed by atoms with Gasteiger partial charge in [0.2, 0.25) is 0 Å². The number of methoxy groups -OCH3 is 2. The van der Waals surface area contributed by atoms with Crippen molar-refractivity contribution in [3.63, 3.8) is 0 Å². The van der Waals surface area contributed by atoms with E-state index in [1.807, 2.05) is 19.0 Å². The van der Waals surface area contributed by atoms with Crippen molar-refractivity contribution in [3.8, 4) is 11.5 Å². The summed E-state index contributed by atoms with van der Waals surface area (Å²) in [6.45, 7) is 1.08. The van der Waals surface area contributed by atoms with Gasteiger partial charge in [-0.05, 0) is 50.8 Å². The Balaban J connectivity index is 2.18. The first-order valence-corrected chi connectivity index (χ1v) is 11.1. The van der Waals surface area contributed by atoms with Gasteiger partial charge in [0.1, 0.15) is 17.3 Å². The number of amides is 1. The van der Waals surface area contributed by atoms with Crippen LogP contribution in [0.15, 0.2) is 42.0 Å². The molecule has 1 saturated heterocycles. The van der Waals surface area contributed by atoms with Crippen molar-refractivity contribution in [2.45, 2.75) is 12.5 Å². The number of nitrogens with zero attached hydrogens (tertiary/aromatic N) is 2. The number of aliphatic hydroxyl groups is 1. The number of ketones is 1. The van der Waals surface area contributed by atoms with Crippen molar-refractivity contribution in [2.24, 2.45) is 0 Å². The Labute approximate surface area is 203 Å². The van der Waals surface area contributed by atoms with Crippen LogP contribution in [0.4, 0.5) is 0 Å². The first-order valence-electron chi connectivity index (χ1n) is 10.3. The van der Waals surface area contributed by atoms with E-state index in [4.69, 9.17) is 32.7 Å². The van der Waals surface area contributed by atoms with E-state index in [1.165, 1.54) is 31.3 Å². The quantitative estimate of drug-likeness (QED) is 0.334. The van der Waals surface area contributed by atoms with Crippen LogP contribution in [-0.2, 0) is 9.59 Å². The molecule has 1 aliphatic rings. The standard InChI is InChI=1S/C24H26Cl2N2O5/c1-27(2)10-5-11-28-21(14-6-8-15(25)9-7-14)20(23(30)24(28)31)22(29)16-12-19(33-4)17(26)13-18(16)32-3/h6-9,12-13,21,29H,5,10-11H2,1-4H3/b22-20+. The second kappa shape index (κ2) is 10.5. The molecule has 0 spiro atoms. The number of hydrogen-bond donors (Lipinski definition) is 1. The normalized spacial score (nSPS) is 17.7. The molecule has 1 unspecified atom stereocenters. The molecule has 2 aromatic carbocycles. The monoisotopic (exact) mass is 492 g/mol. The Morgan fingerprint density at radius 3 is 2.27 bits per heavy atom. The topological polar surface area (TPSA) is 79.3 Å². The van der Waals surface area contributed by atoms with Gasteiger partial charge in [0, 0.05) is 17.6 Å². The van der Waals surface area contributed by atoms with Crippen LogP contribution in [0.1, 0.15) is 23.6 Å². The number of benzene rings is 2. The number of likely N-dealkylation sites (tertiary alicyclic amines) is 1. The molecule has 1 heterocycles. The molecule has 1 aliphatic heterocycles. The zero-order chi connectivity index (χ0) is 24.3. The zero-order valence-corrected chi connectivity index (χ0v) is 20.4. The van der Waals surface area contributed by atoms with E-state index >= 15 is 0 Å². The molecule has 0 radical (unpaired) electrons. The lowest BCUT2D eigenvalue weighted by Gasteiger charge is -2.26. The Morgan fingerprint density at radius 2 is 1.70 bits per heavy atom. The highest BCUT2D eigenvalue weighted by Gasteiger charge is 2.46. The maximum absolute atomic E-state index is 13.2. The van der Waals surface area contributed by atoms with Gasteiger partial charge in [-0.3, -0.25) is 9.59 Å². The van der Waals surface area contributed by atoms with Gasteiger partial charge in [-0.2, -0.15) is 0 Å². The molecule has 3 rings (SSSR count). The van der Waals surface area contributed by atoms with Crippen LogP contribution in [0.25, 0.3) is 5.76 Å². The number of ether oxygens (including phenoxy) is 2. The van der Waals surface area contributed by atoms with Crippen LogP contribution in [0.2, 0.25) is 10.0 Å². The number of hydrogen-bond acceptors (Lipinski definition) is 6. The van der Waals surface area contributed by atoms with Gasteiger partial charge >= 0.3 is 0 Å². The van der Waals surface area contributed by atoms with Gasteiger partial charge in [0.25, 0.3) is 11.7 Å². The van der Waals surface area contributed by atoms with E-state index in [2.05, 4.69) is 0 Å². The van der Waals surface area contributed by atoms with E-state index in [1.54, 1.807) is 24.3 Å². The van der Waals surface area contributed by atoms with E-state index in [0.29, 0.717) is 29.3 Å². The number of aliphatic hydroxyl groups excluding tert-OH is 1. The maximum atomic E-state index is 13.2. The minimum Gasteiger partial charge on any atom is -0.507 e. The molecule has 176 valence electrons. The lowest BCUT2D eigenvalue weighted by atomic mass is 9.95. The Kier molecular flexibility index (Phi) is 7.89. The van der Waals surface area contributed by atoms with Crippen molar-refractivity contribution < 1.29 is 24.2 Å². The second-order valence-electron chi connectivity index (χ2n) is 7.89. The van der Waals surface area contributed by atoms with Gasteiger partial charge in [-0.1, -0.05) is 35.3 Å². The van der Waals surface area contributed by atoms with Gasteiger partial charge < -0.3 is 24.4 Å². The first-order chi connectivity index (χ1) is 15.7. The first kappa shape index (κ1) is 24.9. The van der Waals surface area contributed by atoms with Gasteiger partial charge in [-0.25, -0.2) is 0 Å². The molecule has 1 N–H and O–H groups in total. The lowest BCUT2D eigenvalue weighted by Crippen LogP contribution is -2.32. The van der Waals surface area contributed by atoms with Crippen LogP contribution in [0, 0.1) is 0 Å². The average molecular weight is 493 g/mol. The van der Waals surface area contributed by atoms with Gasteiger partial charge in [0.15, 0.2) is 0 Å². The summed E-state index contributed by atoms with van der Waals surface area (Å²) < 4.78 is 10.6. The van der Waals surface area contributed by atoms with Crippen LogP contribution in [0.5, 0.6) is 11.5 Å². The summed E-state index contributed by atoms with van der Waals surface area (Å²) >= 11 is 12.2. The maximum Gasteiger partial charge on any atom is 0.295 e. The minimum absolute atomic E-state index is 0.0325. The highest BCUT2D eigenvalue weighted by atomic mass is 35.5. The number of Topliss-reactive ketones (excluding diaryl/α,β-unsaturated/α-hetero) is 1. The lowest BCUT2D eigenvalue weighted by molar-refractivity contribution is -0.139. The van der Waals surface area contributed by atoms with E-state index in [-0.39, 0.29) is 27.7 Å². The second-order valence-corrected chi connectivity index (χ2v) is 8.73. The van der Waals surface area contributed by atoms with Crippen molar-refractivity contribution in [2.75, 3.05) is 41.4 Å². The number of halogens is 2. The third-order valence-electron chi connectivity index (χ3n) is 5.46. The molecule has 1 atom stereocenters. The number of carbonyl (C=O) groups is 2. The van der Waals surface area contributed by atoms with Crippen molar-refractivity contribution in [1.29, 1.82) is 0 Å².